The lowest BCUT2D eigenvalue weighted by molar-refractivity contribution is -0.312. The molecule has 0 radical (unpaired) electrons. The van der Waals surface area contributed by atoms with Crippen LogP contribution in [0.25, 0.3) is 0 Å². The quantitative estimate of drug-likeness (QED) is 0.215. The number of allylic oxidation sites excluding steroid dienone is 2. The number of esters is 1. The van der Waals surface area contributed by atoms with Crippen LogP contribution in [0.3, 0.4) is 0 Å². The first-order chi connectivity index (χ1) is 29.5. The van der Waals surface area contributed by atoms with Crippen molar-refractivity contribution in [3.63, 3.8) is 0 Å². The fraction of sp³-hybridized carbons (Fsp3) is 0.771. The number of fused-ring (bicyclic) bond motifs is 2. The molecule has 4 saturated heterocycles. The highest BCUT2D eigenvalue weighted by Crippen LogP contribution is 2.47. The van der Waals surface area contributed by atoms with Gasteiger partial charge in [-0.3, -0.25) is 4.79 Å². The first kappa shape index (κ1) is 47.6. The van der Waals surface area contributed by atoms with Crippen LogP contribution < -0.4 is 5.32 Å². The van der Waals surface area contributed by atoms with E-state index >= 15 is 0 Å². The number of methoxy groups -OCH3 is 2. The average Bonchev–Trinajstić information content (AvgIpc) is 3.57. The van der Waals surface area contributed by atoms with Crippen molar-refractivity contribution in [2.75, 3.05) is 27.9 Å². The Balaban J connectivity index is 1.17. The number of hydrogen-bond acceptors (Lipinski definition) is 14. The zero-order valence-corrected chi connectivity index (χ0v) is 38.6. The van der Waals surface area contributed by atoms with Crippen LogP contribution in [-0.2, 0) is 52.2 Å². The molecule has 0 aromatic heterocycles. The van der Waals surface area contributed by atoms with Crippen molar-refractivity contribution in [2.45, 2.75) is 185 Å². The van der Waals surface area contributed by atoms with E-state index in [4.69, 9.17) is 47.4 Å². The molecule has 14 heteroatoms. The molecule has 1 aliphatic carbocycles. The Morgan fingerprint density at radius 1 is 0.887 bits per heavy atom. The molecular formula is C48H73NO13. The van der Waals surface area contributed by atoms with E-state index < -0.39 is 66.4 Å². The lowest BCUT2D eigenvalue weighted by atomic mass is 9.71. The fourth-order valence-electron chi connectivity index (χ4n) is 10.9. The maximum absolute atomic E-state index is 14.3. The molecule has 1 spiro atoms. The molecule has 0 aromatic carbocycles. The van der Waals surface area contributed by atoms with Crippen molar-refractivity contribution in [3.8, 4) is 0 Å². The highest BCUT2D eigenvalue weighted by atomic mass is 16.7. The van der Waals surface area contributed by atoms with Gasteiger partial charge in [0.2, 0.25) is 0 Å². The van der Waals surface area contributed by atoms with E-state index in [1.165, 1.54) is 0 Å². The van der Waals surface area contributed by atoms with E-state index in [9.17, 15) is 15.0 Å². The fourth-order valence-corrected chi connectivity index (χ4v) is 10.9. The van der Waals surface area contributed by atoms with E-state index in [1.807, 2.05) is 39.1 Å². The second-order valence-electron chi connectivity index (χ2n) is 19.1. The Morgan fingerprint density at radius 3 is 2.31 bits per heavy atom. The summed E-state index contributed by atoms with van der Waals surface area (Å²) in [6.45, 7) is 16.3. The van der Waals surface area contributed by atoms with Crippen LogP contribution >= 0.6 is 0 Å². The van der Waals surface area contributed by atoms with Gasteiger partial charge in [-0.1, -0.05) is 64.2 Å². The number of ether oxygens (including phenoxy) is 10. The summed E-state index contributed by atoms with van der Waals surface area (Å²) in [5, 5.41) is 27.0. The molecule has 6 aliphatic heterocycles. The van der Waals surface area contributed by atoms with E-state index in [0.717, 1.165) is 5.57 Å². The summed E-state index contributed by atoms with van der Waals surface area (Å²) in [7, 11) is 5.30. The van der Waals surface area contributed by atoms with Crippen LogP contribution in [0.15, 0.2) is 59.3 Å². The zero-order valence-electron chi connectivity index (χ0n) is 38.6. The van der Waals surface area contributed by atoms with Gasteiger partial charge in [0.15, 0.2) is 18.4 Å². The number of nitrogens with one attached hydrogen (secondary N) is 1. The number of rotatable bonds is 8. The van der Waals surface area contributed by atoms with Crippen molar-refractivity contribution in [1.82, 2.24) is 5.32 Å². The first-order valence-electron chi connectivity index (χ1n) is 22.9. The van der Waals surface area contributed by atoms with Gasteiger partial charge in [-0.05, 0) is 69.9 Å². The van der Waals surface area contributed by atoms with Crippen molar-refractivity contribution in [2.24, 2.45) is 23.7 Å². The molecule has 4 fully saturated rings. The molecule has 7 aliphatic rings. The number of aliphatic hydroxyl groups is 2. The van der Waals surface area contributed by atoms with Gasteiger partial charge in [0, 0.05) is 51.7 Å². The lowest BCUT2D eigenvalue weighted by Crippen LogP contribution is -2.58. The van der Waals surface area contributed by atoms with Gasteiger partial charge in [-0.2, -0.15) is 0 Å². The lowest BCUT2D eigenvalue weighted by Gasteiger charge is -2.48. The molecule has 0 aromatic rings. The largest absolute Gasteiger partial charge is 0.462 e. The average molecular weight is 872 g/mol. The molecule has 0 amide bonds. The molecule has 6 heterocycles. The van der Waals surface area contributed by atoms with Gasteiger partial charge in [-0.25, -0.2) is 0 Å². The number of carbonyl (C=O) groups excluding carboxylic acids is 1. The number of likely N-dealkylation sites (N-methyl/N-ethyl adjacent to an activating group) is 1. The summed E-state index contributed by atoms with van der Waals surface area (Å²) < 4.78 is 64.3. The maximum Gasteiger partial charge on any atom is 0.316 e. The van der Waals surface area contributed by atoms with Crippen LogP contribution in [0.2, 0.25) is 0 Å². The third-order valence-corrected chi connectivity index (χ3v) is 14.3. The van der Waals surface area contributed by atoms with E-state index in [0.29, 0.717) is 43.3 Å². The Kier molecular flexibility index (Phi) is 15.1. The monoisotopic (exact) mass is 872 g/mol. The SMILES string of the molecule is CN[C@@H]1[C@@H](C)O[C@@H](O[C@H]2[C@H](C)O[C@@H](O[C@@H]3/C(C)=C/C[C@@H]4C[C@@H](C[C@]5(C=C[C@H](C)[C@@H](C(C)C)O5)O4)OC(=O)[C@@H]4C=C(C)[C@@H](O)[C@H]5OCC(=C/C=C/[C@@H]3C)[C@]54O)C[C@@H]2OC)C[C@H]1OC. The van der Waals surface area contributed by atoms with Crippen LogP contribution in [0.4, 0.5) is 0 Å². The van der Waals surface area contributed by atoms with Gasteiger partial charge < -0.3 is 62.9 Å². The number of aliphatic hydroxyl groups excluding tert-OH is 1. The molecule has 19 atom stereocenters. The minimum absolute atomic E-state index is 0.0407. The Morgan fingerprint density at radius 2 is 1.60 bits per heavy atom. The van der Waals surface area contributed by atoms with E-state index in [1.54, 1.807) is 33.3 Å². The summed E-state index contributed by atoms with van der Waals surface area (Å²) in [6, 6.07) is 0.0445. The van der Waals surface area contributed by atoms with Gasteiger partial charge >= 0.3 is 5.97 Å². The predicted molar refractivity (Wildman–Crippen MR) is 230 cm³/mol. The van der Waals surface area contributed by atoms with E-state index in [-0.39, 0.29) is 67.0 Å². The predicted octanol–water partition coefficient (Wildman–Crippen LogP) is 5.21. The number of hydrogen-bond donors (Lipinski definition) is 3. The summed E-state index contributed by atoms with van der Waals surface area (Å²) in [5.41, 5.74) is 0.176. The standard InChI is InChI=1S/C48H73NO13/c1-25(2)42-28(5)17-18-47(62-42)23-34-20-33(61-47)16-15-27(4)43(26(3)13-12-14-32-24-55-45-41(50)29(6)19-35(46(51)58-34)48(32,45)52)59-39-22-37(54-11)44(31(8)57-39)60-38-21-36(53-10)40(49-9)30(7)56-38/h12-15,17-19,25-26,28,30-31,33-45,49-50,52H,16,20-24H2,1-11H3/b13-12+,27-15+,32-14?/t26-,28-,30+,31-,33+,34-,35-,36+,37-,38-,39-,40+,41+,42+,43-,44-,45+,47+,48+/m0/s1. The van der Waals surface area contributed by atoms with Gasteiger partial charge in [0.25, 0.3) is 0 Å². The van der Waals surface area contributed by atoms with Gasteiger partial charge in [0.05, 0.1) is 55.4 Å². The van der Waals surface area contributed by atoms with Crippen LogP contribution in [-0.4, -0.2) is 141 Å². The minimum atomic E-state index is -1.83. The molecule has 0 saturated carbocycles. The van der Waals surface area contributed by atoms with Crippen LogP contribution in [0.5, 0.6) is 0 Å². The Bertz CT molecular complexity index is 1730. The highest BCUT2D eigenvalue weighted by Gasteiger charge is 2.60. The molecule has 0 unspecified atom stereocenters. The zero-order chi connectivity index (χ0) is 44.7. The minimum Gasteiger partial charge on any atom is -0.462 e. The van der Waals surface area contributed by atoms with Gasteiger partial charge in [-0.15, -0.1) is 0 Å². The normalized spacial score (nSPS) is 47.9. The molecule has 14 nitrogen and oxygen atoms in total. The molecular weight excluding hydrogens is 799 g/mol. The van der Waals surface area contributed by atoms with Crippen molar-refractivity contribution in [1.29, 1.82) is 0 Å². The third-order valence-electron chi connectivity index (χ3n) is 14.3. The molecule has 7 rings (SSSR count). The summed E-state index contributed by atoms with van der Waals surface area (Å²) in [4.78, 5) is 14.3. The van der Waals surface area contributed by atoms with Crippen LogP contribution in [0, 0.1) is 23.7 Å². The van der Waals surface area contributed by atoms with Crippen molar-refractivity contribution < 1.29 is 62.4 Å². The molecule has 2 bridgehead atoms. The highest BCUT2D eigenvalue weighted by molar-refractivity contribution is 5.78. The smallest absolute Gasteiger partial charge is 0.316 e. The summed E-state index contributed by atoms with van der Waals surface area (Å²) in [6.07, 6.45) is 9.72. The summed E-state index contributed by atoms with van der Waals surface area (Å²) >= 11 is 0. The molecule has 348 valence electrons. The second kappa shape index (κ2) is 19.7. The molecule has 62 heavy (non-hydrogen) atoms. The second-order valence-corrected chi connectivity index (χ2v) is 19.1. The Hall–Kier alpha value is -2.31. The first-order valence-corrected chi connectivity index (χ1v) is 22.9. The maximum atomic E-state index is 14.3. The topological polar surface area (TPSA) is 162 Å². The van der Waals surface area contributed by atoms with Crippen molar-refractivity contribution in [3.05, 3.63) is 59.3 Å². The number of carbonyl (C=O) groups is 1. The summed E-state index contributed by atoms with van der Waals surface area (Å²) in [5.74, 6) is -2.56. The molecule has 3 N–H and O–H groups in total. The third kappa shape index (κ3) is 9.64. The van der Waals surface area contributed by atoms with Gasteiger partial charge in [0.1, 0.15) is 35.9 Å². The van der Waals surface area contributed by atoms with Crippen molar-refractivity contribution >= 4 is 5.97 Å². The van der Waals surface area contributed by atoms with E-state index in [2.05, 4.69) is 52.1 Å². The Labute approximate surface area is 368 Å². The van der Waals surface area contributed by atoms with Crippen LogP contribution in [0.1, 0.15) is 87.5 Å².